The number of nitrogens with zero attached hydrogens (tertiary/aromatic N) is 1. The minimum Gasteiger partial charge on any atom is -0.507 e. The highest BCUT2D eigenvalue weighted by atomic mass is 16.3. The molecule has 4 nitrogen and oxygen atoms in total. The van der Waals surface area contributed by atoms with Gasteiger partial charge in [-0.15, -0.1) is 0 Å². The average Bonchev–Trinajstić information content (AvgIpc) is 2.31. The molecular formula is C13H18N2O2. The Morgan fingerprint density at radius 2 is 2.29 bits per heavy atom. The largest absolute Gasteiger partial charge is 0.507 e. The van der Waals surface area contributed by atoms with Crippen molar-refractivity contribution >= 4 is 5.91 Å². The molecule has 1 aromatic rings. The van der Waals surface area contributed by atoms with Crippen molar-refractivity contribution in [2.45, 2.75) is 25.8 Å². The number of hydrogen-bond acceptors (Lipinski definition) is 3. The molecule has 3 N–H and O–H groups in total. The minimum absolute atomic E-state index is 0.0414. The fourth-order valence-electron chi connectivity index (χ4n) is 2.19. The van der Waals surface area contributed by atoms with Crippen LogP contribution in [0.25, 0.3) is 0 Å². The Kier molecular flexibility index (Phi) is 3.33. The van der Waals surface area contributed by atoms with Crippen molar-refractivity contribution in [3.63, 3.8) is 0 Å². The lowest BCUT2D eigenvalue weighted by atomic mass is 10.0. The number of benzene rings is 1. The number of piperidine rings is 1. The van der Waals surface area contributed by atoms with E-state index in [4.69, 9.17) is 5.73 Å². The second kappa shape index (κ2) is 4.75. The summed E-state index contributed by atoms with van der Waals surface area (Å²) in [6, 6.07) is 5.12. The van der Waals surface area contributed by atoms with Crippen LogP contribution in [-0.2, 0) is 0 Å². The highest BCUT2D eigenvalue weighted by molar-refractivity contribution is 5.97. The number of phenols is 1. The topological polar surface area (TPSA) is 66.6 Å². The summed E-state index contributed by atoms with van der Waals surface area (Å²) in [6.45, 7) is 3.20. The van der Waals surface area contributed by atoms with E-state index < -0.39 is 0 Å². The van der Waals surface area contributed by atoms with E-state index in [1.165, 1.54) is 0 Å². The number of likely N-dealkylation sites (tertiary alicyclic amines) is 1. The van der Waals surface area contributed by atoms with Gasteiger partial charge in [0.1, 0.15) is 5.75 Å². The van der Waals surface area contributed by atoms with Crippen LogP contribution in [0, 0.1) is 6.92 Å². The van der Waals surface area contributed by atoms with Crippen molar-refractivity contribution < 1.29 is 9.90 Å². The molecule has 0 bridgehead atoms. The Morgan fingerprint density at radius 3 is 3.00 bits per heavy atom. The van der Waals surface area contributed by atoms with Crippen molar-refractivity contribution in [2.24, 2.45) is 5.73 Å². The normalized spacial score (nSPS) is 20.4. The fraction of sp³-hybridized carbons (Fsp3) is 0.462. The Balaban J connectivity index is 2.21. The molecule has 1 fully saturated rings. The van der Waals surface area contributed by atoms with Crippen molar-refractivity contribution in [1.82, 2.24) is 4.90 Å². The molecule has 0 aliphatic carbocycles. The number of amides is 1. The van der Waals surface area contributed by atoms with Gasteiger partial charge in [0.2, 0.25) is 0 Å². The quantitative estimate of drug-likeness (QED) is 0.769. The van der Waals surface area contributed by atoms with E-state index in [0.717, 1.165) is 24.9 Å². The van der Waals surface area contributed by atoms with Crippen LogP contribution in [0.5, 0.6) is 5.75 Å². The van der Waals surface area contributed by atoms with Crippen LogP contribution in [0.1, 0.15) is 28.8 Å². The first-order chi connectivity index (χ1) is 8.08. The van der Waals surface area contributed by atoms with E-state index in [0.29, 0.717) is 12.1 Å². The van der Waals surface area contributed by atoms with E-state index >= 15 is 0 Å². The monoisotopic (exact) mass is 234 g/mol. The second-order valence-electron chi connectivity index (χ2n) is 4.67. The molecule has 1 aliphatic heterocycles. The van der Waals surface area contributed by atoms with Crippen molar-refractivity contribution in [1.29, 1.82) is 0 Å². The van der Waals surface area contributed by atoms with Gasteiger partial charge in [-0.3, -0.25) is 4.79 Å². The molecule has 0 radical (unpaired) electrons. The zero-order valence-corrected chi connectivity index (χ0v) is 10.0. The number of rotatable bonds is 1. The number of carbonyl (C=O) groups is 1. The Morgan fingerprint density at radius 1 is 1.53 bits per heavy atom. The lowest BCUT2D eigenvalue weighted by molar-refractivity contribution is 0.0705. The Bertz CT molecular complexity index is 431. The summed E-state index contributed by atoms with van der Waals surface area (Å²) in [5, 5.41) is 9.72. The van der Waals surface area contributed by atoms with Gasteiger partial charge in [0, 0.05) is 19.1 Å². The first-order valence-electron chi connectivity index (χ1n) is 5.92. The predicted octanol–water partition coefficient (Wildman–Crippen LogP) is 1.26. The Labute approximate surface area is 101 Å². The third-order valence-corrected chi connectivity index (χ3v) is 3.13. The highest BCUT2D eigenvalue weighted by Gasteiger charge is 2.24. The van der Waals surface area contributed by atoms with Crippen LogP contribution >= 0.6 is 0 Å². The zero-order chi connectivity index (χ0) is 12.4. The molecule has 1 aliphatic rings. The molecule has 1 amide bonds. The van der Waals surface area contributed by atoms with Gasteiger partial charge in [-0.25, -0.2) is 0 Å². The lowest BCUT2D eigenvalue weighted by Crippen LogP contribution is -2.45. The standard InChI is InChI=1S/C13H18N2O2/c1-9-4-5-12(16)11(7-9)13(17)15-6-2-3-10(14)8-15/h4-5,7,10,16H,2-3,6,8,14H2,1H3/t10-/m1/s1. The van der Waals surface area contributed by atoms with Gasteiger partial charge in [-0.1, -0.05) is 11.6 Å². The van der Waals surface area contributed by atoms with Gasteiger partial charge in [0.15, 0.2) is 0 Å². The summed E-state index contributed by atoms with van der Waals surface area (Å²) in [5.41, 5.74) is 7.19. The Hall–Kier alpha value is -1.55. The van der Waals surface area contributed by atoms with Gasteiger partial charge in [-0.2, -0.15) is 0 Å². The molecule has 92 valence electrons. The third kappa shape index (κ3) is 2.58. The fourth-order valence-corrected chi connectivity index (χ4v) is 2.19. The van der Waals surface area contributed by atoms with Crippen LogP contribution in [-0.4, -0.2) is 35.0 Å². The molecule has 0 unspecified atom stereocenters. The molecule has 17 heavy (non-hydrogen) atoms. The molecule has 0 saturated carbocycles. The molecule has 1 heterocycles. The SMILES string of the molecule is Cc1ccc(O)c(C(=O)N2CCC[C@@H](N)C2)c1. The maximum atomic E-state index is 12.2. The van der Waals surface area contributed by atoms with Crippen LogP contribution in [0.4, 0.5) is 0 Å². The summed E-state index contributed by atoms with van der Waals surface area (Å²) in [6.07, 6.45) is 1.89. The average molecular weight is 234 g/mol. The number of aromatic hydroxyl groups is 1. The van der Waals surface area contributed by atoms with Crippen LogP contribution in [0.2, 0.25) is 0 Å². The molecule has 1 atom stereocenters. The number of hydrogen-bond donors (Lipinski definition) is 2. The van der Waals surface area contributed by atoms with Gasteiger partial charge in [0.05, 0.1) is 5.56 Å². The summed E-state index contributed by atoms with van der Waals surface area (Å²) in [7, 11) is 0. The van der Waals surface area contributed by atoms with Crippen molar-refractivity contribution in [3.8, 4) is 5.75 Å². The second-order valence-corrected chi connectivity index (χ2v) is 4.67. The molecule has 0 aromatic heterocycles. The number of carbonyl (C=O) groups excluding carboxylic acids is 1. The summed E-state index contributed by atoms with van der Waals surface area (Å²) < 4.78 is 0. The van der Waals surface area contributed by atoms with Gasteiger partial charge in [0.25, 0.3) is 5.91 Å². The van der Waals surface area contributed by atoms with E-state index in [2.05, 4.69) is 0 Å². The summed E-state index contributed by atoms with van der Waals surface area (Å²) >= 11 is 0. The maximum Gasteiger partial charge on any atom is 0.257 e. The smallest absolute Gasteiger partial charge is 0.257 e. The predicted molar refractivity (Wildman–Crippen MR) is 66.0 cm³/mol. The number of aryl methyl sites for hydroxylation is 1. The lowest BCUT2D eigenvalue weighted by Gasteiger charge is -2.31. The van der Waals surface area contributed by atoms with Crippen molar-refractivity contribution in [2.75, 3.05) is 13.1 Å². The van der Waals surface area contributed by atoms with Crippen molar-refractivity contribution in [3.05, 3.63) is 29.3 Å². The first kappa shape index (κ1) is 11.9. The van der Waals surface area contributed by atoms with E-state index in [1.54, 1.807) is 23.1 Å². The summed E-state index contributed by atoms with van der Waals surface area (Å²) in [5.74, 6) is -0.0823. The molecule has 4 heteroatoms. The molecule has 1 saturated heterocycles. The van der Waals surface area contributed by atoms with Gasteiger partial charge < -0.3 is 15.7 Å². The number of phenolic OH excluding ortho intramolecular Hbond substituents is 1. The van der Waals surface area contributed by atoms with Crippen LogP contribution < -0.4 is 5.73 Å². The highest BCUT2D eigenvalue weighted by Crippen LogP contribution is 2.21. The third-order valence-electron chi connectivity index (χ3n) is 3.13. The minimum atomic E-state index is -0.124. The van der Waals surface area contributed by atoms with E-state index in [1.807, 2.05) is 6.92 Å². The van der Waals surface area contributed by atoms with Crippen LogP contribution in [0.3, 0.4) is 0 Å². The molecule has 0 spiro atoms. The number of nitrogens with two attached hydrogens (primary N) is 1. The molecule has 1 aromatic carbocycles. The van der Waals surface area contributed by atoms with Crippen LogP contribution in [0.15, 0.2) is 18.2 Å². The van der Waals surface area contributed by atoms with Gasteiger partial charge in [-0.05, 0) is 31.9 Å². The molecular weight excluding hydrogens is 216 g/mol. The van der Waals surface area contributed by atoms with Gasteiger partial charge >= 0.3 is 0 Å². The zero-order valence-electron chi connectivity index (χ0n) is 10.0. The van der Waals surface area contributed by atoms with E-state index in [-0.39, 0.29) is 17.7 Å². The van der Waals surface area contributed by atoms with E-state index in [9.17, 15) is 9.90 Å². The summed E-state index contributed by atoms with van der Waals surface area (Å²) in [4.78, 5) is 14.0. The molecule has 2 rings (SSSR count). The maximum absolute atomic E-state index is 12.2. The first-order valence-corrected chi connectivity index (χ1v) is 5.92.